The van der Waals surface area contributed by atoms with E-state index in [1.165, 1.54) is 0 Å². The van der Waals surface area contributed by atoms with Crippen molar-refractivity contribution in [2.24, 2.45) is 5.92 Å². The van der Waals surface area contributed by atoms with E-state index in [0.29, 0.717) is 35.5 Å². The molecule has 4 amide bonds. The number of nitrogens with zero attached hydrogens (tertiary/aromatic N) is 3. The maximum Gasteiger partial charge on any atom is 0.329 e. The van der Waals surface area contributed by atoms with Gasteiger partial charge in [-0.05, 0) is 77.9 Å². The maximum atomic E-state index is 16.7. The molecule has 0 aromatic heterocycles. The third-order valence-electron chi connectivity index (χ3n) is 13.8. The molecule has 1 spiro atoms. The SMILES string of the molecule is CC(NC(=O)N1C(=O)C2(c3cc(C#CCCO)ccc31)C(C(=O)N1CCCCCCC1)C1C(=O)OC(c3ccccc3)C(c3ccccc3)N1C2c1ccc(OCCO)cc1)c1ccccc1. The van der Waals surface area contributed by atoms with Crippen molar-refractivity contribution in [3.63, 3.8) is 0 Å². The van der Waals surface area contributed by atoms with Gasteiger partial charge in [-0.1, -0.05) is 134 Å². The lowest BCUT2D eigenvalue weighted by atomic mass is 9.64. The van der Waals surface area contributed by atoms with Crippen LogP contribution in [-0.4, -0.2) is 82.8 Å². The molecule has 344 valence electrons. The molecule has 9 rings (SSSR count). The minimum Gasteiger partial charge on any atom is -0.491 e. The lowest BCUT2D eigenvalue weighted by molar-refractivity contribution is -0.179. The van der Waals surface area contributed by atoms with Gasteiger partial charge in [-0.3, -0.25) is 19.3 Å². The fraction of sp³-hybridized carbons (Fsp3) is 0.345. The number of likely N-dealkylation sites (tertiary alicyclic amines) is 1. The van der Waals surface area contributed by atoms with Gasteiger partial charge in [0.05, 0.1) is 42.9 Å². The van der Waals surface area contributed by atoms with E-state index in [0.717, 1.165) is 53.7 Å². The summed E-state index contributed by atoms with van der Waals surface area (Å²) >= 11 is 0. The summed E-state index contributed by atoms with van der Waals surface area (Å²) in [6.45, 7) is 2.45. The molecule has 12 nitrogen and oxygen atoms in total. The highest BCUT2D eigenvalue weighted by molar-refractivity contribution is 6.24. The first-order valence-corrected chi connectivity index (χ1v) is 23.4. The molecule has 4 aliphatic heterocycles. The smallest absolute Gasteiger partial charge is 0.329 e. The fourth-order valence-electron chi connectivity index (χ4n) is 10.8. The number of nitrogens with one attached hydrogen (secondary N) is 1. The molecule has 5 aromatic carbocycles. The third kappa shape index (κ3) is 8.48. The maximum absolute atomic E-state index is 16.7. The van der Waals surface area contributed by atoms with Crippen molar-refractivity contribution in [3.05, 3.63) is 167 Å². The van der Waals surface area contributed by atoms with E-state index in [-0.39, 0.29) is 37.8 Å². The first-order chi connectivity index (χ1) is 32.8. The van der Waals surface area contributed by atoms with Crippen LogP contribution >= 0.6 is 0 Å². The summed E-state index contributed by atoms with van der Waals surface area (Å²) in [5.74, 6) is 3.61. The molecule has 5 aromatic rings. The van der Waals surface area contributed by atoms with Gasteiger partial charge in [-0.15, -0.1) is 0 Å². The molecule has 12 heteroatoms. The number of esters is 1. The number of benzene rings is 5. The number of carbonyl (C=O) groups is 4. The van der Waals surface area contributed by atoms with Gasteiger partial charge in [-0.2, -0.15) is 0 Å². The zero-order valence-corrected chi connectivity index (χ0v) is 37.6. The number of hydrogen-bond acceptors (Lipinski definition) is 9. The number of amides is 4. The lowest BCUT2D eigenvalue weighted by Crippen LogP contribution is -2.57. The molecule has 7 atom stereocenters. The first kappa shape index (κ1) is 45.4. The molecule has 67 heavy (non-hydrogen) atoms. The molecule has 0 radical (unpaired) electrons. The molecular formula is C55H56N4O8. The Balaban J connectivity index is 1.34. The summed E-state index contributed by atoms with van der Waals surface area (Å²) in [6.07, 6.45) is 3.77. The zero-order chi connectivity index (χ0) is 46.5. The monoisotopic (exact) mass is 900 g/mol. The predicted octanol–water partition coefficient (Wildman–Crippen LogP) is 7.72. The summed E-state index contributed by atoms with van der Waals surface area (Å²) in [6, 6.07) is 36.9. The summed E-state index contributed by atoms with van der Waals surface area (Å²) < 4.78 is 12.5. The van der Waals surface area contributed by atoms with Gasteiger partial charge in [-0.25, -0.2) is 9.69 Å². The molecule has 4 aliphatic rings. The van der Waals surface area contributed by atoms with Crippen molar-refractivity contribution in [3.8, 4) is 17.6 Å². The van der Waals surface area contributed by atoms with Gasteiger partial charge in [0.2, 0.25) is 11.8 Å². The molecule has 3 fully saturated rings. The van der Waals surface area contributed by atoms with Crippen molar-refractivity contribution in [2.75, 3.05) is 37.8 Å². The minimum absolute atomic E-state index is 0.0609. The second-order valence-electron chi connectivity index (χ2n) is 17.7. The van der Waals surface area contributed by atoms with Crippen LogP contribution in [0.4, 0.5) is 10.5 Å². The van der Waals surface area contributed by atoms with Crippen LogP contribution in [0, 0.1) is 17.8 Å². The Hall–Kier alpha value is -6.78. The number of ether oxygens (including phenoxy) is 2. The van der Waals surface area contributed by atoms with E-state index in [1.54, 1.807) is 30.3 Å². The number of carbonyl (C=O) groups excluding carboxylic acids is 4. The number of imide groups is 1. The van der Waals surface area contributed by atoms with E-state index in [4.69, 9.17) is 9.47 Å². The molecule has 0 bridgehead atoms. The van der Waals surface area contributed by atoms with E-state index in [2.05, 4.69) is 17.2 Å². The summed E-state index contributed by atoms with van der Waals surface area (Å²) in [4.78, 5) is 68.5. The van der Waals surface area contributed by atoms with Crippen LogP contribution in [0.15, 0.2) is 133 Å². The number of morpholine rings is 1. The number of hydrogen-bond donors (Lipinski definition) is 3. The van der Waals surface area contributed by atoms with Gasteiger partial charge in [0.1, 0.15) is 29.9 Å². The van der Waals surface area contributed by atoms with E-state index < -0.39 is 59.5 Å². The van der Waals surface area contributed by atoms with Crippen LogP contribution in [0.2, 0.25) is 0 Å². The van der Waals surface area contributed by atoms with Crippen LogP contribution < -0.4 is 15.0 Å². The molecule has 0 aliphatic carbocycles. The van der Waals surface area contributed by atoms with E-state index >= 15 is 19.2 Å². The van der Waals surface area contributed by atoms with Crippen LogP contribution in [0.5, 0.6) is 5.75 Å². The quantitative estimate of drug-likeness (QED) is 0.0947. The molecule has 0 saturated carbocycles. The van der Waals surface area contributed by atoms with E-state index in [1.807, 2.05) is 120 Å². The fourth-order valence-corrected chi connectivity index (χ4v) is 10.8. The minimum atomic E-state index is -1.92. The highest BCUT2D eigenvalue weighted by Crippen LogP contribution is 2.66. The van der Waals surface area contributed by atoms with Gasteiger partial charge in [0.15, 0.2) is 0 Å². The molecule has 3 saturated heterocycles. The number of cyclic esters (lactones) is 1. The first-order valence-electron chi connectivity index (χ1n) is 23.4. The number of aliphatic hydroxyl groups is 2. The molecule has 4 heterocycles. The number of anilines is 1. The molecule has 3 N–H and O–H groups in total. The summed E-state index contributed by atoms with van der Waals surface area (Å²) in [5.41, 5.74) is 2.22. The van der Waals surface area contributed by atoms with Gasteiger partial charge >= 0.3 is 12.0 Å². The zero-order valence-electron chi connectivity index (χ0n) is 37.6. The second-order valence-corrected chi connectivity index (χ2v) is 17.7. The summed E-state index contributed by atoms with van der Waals surface area (Å²) in [5, 5.41) is 22.4. The Bertz CT molecular complexity index is 2630. The van der Waals surface area contributed by atoms with Crippen molar-refractivity contribution in [2.45, 2.75) is 81.1 Å². The summed E-state index contributed by atoms with van der Waals surface area (Å²) in [7, 11) is 0. The van der Waals surface area contributed by atoms with Gasteiger partial charge in [0.25, 0.3) is 0 Å². The Morgan fingerprint density at radius 3 is 2.07 bits per heavy atom. The number of aliphatic hydroxyl groups excluding tert-OH is 2. The van der Waals surface area contributed by atoms with Crippen LogP contribution in [0.1, 0.15) is 103 Å². The van der Waals surface area contributed by atoms with Gasteiger partial charge < -0.3 is 29.9 Å². The van der Waals surface area contributed by atoms with Crippen LogP contribution in [0.3, 0.4) is 0 Å². The Morgan fingerprint density at radius 2 is 1.42 bits per heavy atom. The van der Waals surface area contributed by atoms with Crippen LogP contribution in [0.25, 0.3) is 0 Å². The second kappa shape index (κ2) is 20.0. The Labute approximate surface area is 391 Å². The average Bonchev–Trinajstić information content (AvgIpc) is 3.80. The number of urea groups is 1. The highest BCUT2D eigenvalue weighted by Gasteiger charge is 2.76. The van der Waals surface area contributed by atoms with Crippen molar-refractivity contribution < 1.29 is 38.9 Å². The van der Waals surface area contributed by atoms with E-state index in [9.17, 15) is 10.2 Å². The predicted molar refractivity (Wildman–Crippen MR) is 253 cm³/mol. The molecule has 7 unspecified atom stereocenters. The topological polar surface area (TPSA) is 149 Å². The Kier molecular flexibility index (Phi) is 13.5. The lowest BCUT2D eigenvalue weighted by Gasteiger charge is -2.46. The average molecular weight is 901 g/mol. The standard InChI is InChI=1S/C55H56N4O8/c1-37(39-19-8-5-9-20-39)56-54(65)58-45-30-25-38(18-14-17-33-60)36-44(45)55(53(58)64)46(51(62)57-31-15-3-2-4-16-32-57)48-52(63)67-49(41-23-12-7-13-24-41)47(40-21-10-6-11-22-40)59(48)50(55)42-26-28-43(29-27-42)66-35-34-61/h5-13,19-30,36-37,46-50,60-61H,2-4,15-17,31-35H2,1H3,(H,56,65). The number of rotatable bonds is 10. The van der Waals surface area contributed by atoms with Crippen molar-refractivity contribution in [1.29, 1.82) is 0 Å². The van der Waals surface area contributed by atoms with Gasteiger partial charge in [0, 0.05) is 25.1 Å². The largest absolute Gasteiger partial charge is 0.491 e. The van der Waals surface area contributed by atoms with Crippen molar-refractivity contribution >= 4 is 29.5 Å². The normalized spacial score (nSPS) is 24.1. The Morgan fingerprint density at radius 1 is 0.776 bits per heavy atom. The van der Waals surface area contributed by atoms with Crippen LogP contribution in [-0.2, 0) is 24.5 Å². The van der Waals surface area contributed by atoms with Crippen molar-refractivity contribution in [1.82, 2.24) is 15.1 Å². The number of fused-ring (bicyclic) bond motifs is 3. The highest BCUT2D eigenvalue weighted by atomic mass is 16.6. The third-order valence-corrected chi connectivity index (χ3v) is 13.8. The molecular weight excluding hydrogens is 845 g/mol.